The van der Waals surface area contributed by atoms with Crippen LogP contribution in [0.3, 0.4) is 0 Å². The van der Waals surface area contributed by atoms with Crippen molar-refractivity contribution in [1.82, 2.24) is 10.2 Å². The lowest BCUT2D eigenvalue weighted by molar-refractivity contribution is -0.145. The van der Waals surface area contributed by atoms with Gasteiger partial charge in [-0.3, -0.25) is 14.4 Å². The smallest absolute Gasteiger partial charge is 0.246 e. The first-order chi connectivity index (χ1) is 17.7. The number of hydrogen-bond acceptors (Lipinski definition) is 6. The summed E-state index contributed by atoms with van der Waals surface area (Å²) in [6, 6.07) is 6.31. The van der Waals surface area contributed by atoms with Gasteiger partial charge in [0.2, 0.25) is 17.7 Å². The summed E-state index contributed by atoms with van der Waals surface area (Å²) in [4.78, 5) is 42.9. The van der Waals surface area contributed by atoms with Crippen molar-refractivity contribution >= 4 is 23.4 Å². The fourth-order valence-corrected chi connectivity index (χ4v) is 6.61. The van der Waals surface area contributed by atoms with Crippen LogP contribution in [-0.4, -0.2) is 70.8 Å². The zero-order valence-electron chi connectivity index (χ0n) is 22.4. The highest BCUT2D eigenvalue weighted by Crippen LogP contribution is 2.63. The molecule has 0 saturated carbocycles. The zero-order valence-corrected chi connectivity index (χ0v) is 22.4. The van der Waals surface area contributed by atoms with Gasteiger partial charge in [0, 0.05) is 24.9 Å². The quantitative estimate of drug-likeness (QED) is 0.369. The Balaban J connectivity index is 1.62. The van der Waals surface area contributed by atoms with E-state index in [0.717, 1.165) is 12.8 Å². The van der Waals surface area contributed by atoms with E-state index in [4.69, 9.17) is 9.47 Å². The number of likely N-dealkylation sites (tertiary alicyclic amines) is 1. The van der Waals surface area contributed by atoms with Gasteiger partial charge in [0.15, 0.2) is 0 Å². The summed E-state index contributed by atoms with van der Waals surface area (Å²) in [6.45, 7) is 8.73. The van der Waals surface area contributed by atoms with E-state index >= 15 is 0 Å². The minimum atomic E-state index is -1.04. The van der Waals surface area contributed by atoms with Crippen LogP contribution in [0, 0.1) is 11.8 Å². The van der Waals surface area contributed by atoms with Crippen molar-refractivity contribution in [2.75, 3.05) is 25.1 Å². The molecule has 3 aliphatic heterocycles. The molecule has 0 aliphatic carbocycles. The molecule has 3 heterocycles. The monoisotopic (exact) mass is 515 g/mol. The molecule has 3 aliphatic rings. The Morgan fingerprint density at radius 2 is 1.92 bits per heavy atom. The number of anilines is 1. The van der Waals surface area contributed by atoms with Crippen LogP contribution in [0.25, 0.3) is 0 Å². The third-order valence-electron chi connectivity index (χ3n) is 8.16. The second kappa shape index (κ2) is 11.0. The maximum atomic E-state index is 13.9. The van der Waals surface area contributed by atoms with Gasteiger partial charge in [0.1, 0.15) is 17.4 Å². The number of unbranched alkanes of at least 4 members (excludes halogenated alkanes) is 1. The summed E-state index contributed by atoms with van der Waals surface area (Å²) in [5.74, 6) is -1.45. The maximum absolute atomic E-state index is 13.9. The van der Waals surface area contributed by atoms with Crippen molar-refractivity contribution in [2.45, 2.75) is 89.5 Å². The predicted molar refractivity (Wildman–Crippen MR) is 139 cm³/mol. The van der Waals surface area contributed by atoms with Crippen LogP contribution in [-0.2, 0) is 19.1 Å². The molecule has 37 heavy (non-hydrogen) atoms. The first kappa shape index (κ1) is 27.4. The van der Waals surface area contributed by atoms with E-state index in [9.17, 15) is 19.5 Å². The molecule has 9 heteroatoms. The highest BCUT2D eigenvalue weighted by atomic mass is 16.5. The Morgan fingerprint density at radius 1 is 1.19 bits per heavy atom. The van der Waals surface area contributed by atoms with Crippen LogP contribution >= 0.6 is 0 Å². The lowest BCUT2D eigenvalue weighted by Crippen LogP contribution is -2.56. The largest absolute Gasteiger partial charge is 0.494 e. The number of carbonyl (C=O) groups is 3. The average Bonchev–Trinajstić information content (AvgIpc) is 3.41. The van der Waals surface area contributed by atoms with E-state index in [0.29, 0.717) is 50.3 Å². The van der Waals surface area contributed by atoms with Crippen molar-refractivity contribution in [3.63, 3.8) is 0 Å². The second-order valence-electron chi connectivity index (χ2n) is 10.8. The standard InChI is InChI=1S/C28H41N3O6/c1-5-9-18(3)29-25(34)23-28-15-14-27(4,37-28)21(22(28)26(35)31(23)16-7-8-17-32)24(33)30-19-10-12-20(13-11-19)36-6-2/h10-13,18,21-23,32H,5-9,14-17H2,1-4H3,(H,29,34)(H,30,33)/t18?,21-,22-,23?,27+,28?/m0/s1. The van der Waals surface area contributed by atoms with E-state index in [1.54, 1.807) is 29.2 Å². The first-order valence-electron chi connectivity index (χ1n) is 13.7. The zero-order chi connectivity index (χ0) is 26.8. The molecule has 1 aromatic rings. The molecule has 3 amide bonds. The Hall–Kier alpha value is -2.65. The highest BCUT2D eigenvalue weighted by molar-refractivity contribution is 6.02. The number of hydrogen-bond donors (Lipinski definition) is 3. The van der Waals surface area contributed by atoms with Crippen LogP contribution in [0.1, 0.15) is 66.2 Å². The summed E-state index contributed by atoms with van der Waals surface area (Å²) >= 11 is 0. The molecule has 3 fully saturated rings. The minimum absolute atomic E-state index is 0.0166. The van der Waals surface area contributed by atoms with Crippen LogP contribution < -0.4 is 15.4 Å². The lowest BCUT2D eigenvalue weighted by atomic mass is 9.66. The van der Waals surface area contributed by atoms with Crippen LogP contribution in [0.4, 0.5) is 5.69 Å². The van der Waals surface area contributed by atoms with E-state index < -0.39 is 29.1 Å². The number of rotatable bonds is 12. The molecule has 2 bridgehead atoms. The number of aliphatic hydroxyl groups is 1. The van der Waals surface area contributed by atoms with Crippen molar-refractivity contribution in [3.05, 3.63) is 24.3 Å². The van der Waals surface area contributed by atoms with Gasteiger partial charge in [0.05, 0.1) is 24.0 Å². The van der Waals surface area contributed by atoms with Gasteiger partial charge in [-0.1, -0.05) is 13.3 Å². The molecule has 6 atom stereocenters. The van der Waals surface area contributed by atoms with E-state index in [1.807, 2.05) is 20.8 Å². The van der Waals surface area contributed by atoms with E-state index in [2.05, 4.69) is 17.6 Å². The number of ether oxygens (including phenoxy) is 2. The maximum Gasteiger partial charge on any atom is 0.246 e. The fourth-order valence-electron chi connectivity index (χ4n) is 6.61. The van der Waals surface area contributed by atoms with Crippen molar-refractivity contribution in [3.8, 4) is 5.75 Å². The topological polar surface area (TPSA) is 117 Å². The normalized spacial score (nSPS) is 30.8. The Kier molecular flexibility index (Phi) is 8.14. The van der Waals surface area contributed by atoms with Crippen molar-refractivity contribution in [2.24, 2.45) is 11.8 Å². The van der Waals surface area contributed by atoms with Crippen molar-refractivity contribution in [1.29, 1.82) is 0 Å². The average molecular weight is 516 g/mol. The highest BCUT2D eigenvalue weighted by Gasteiger charge is 2.77. The van der Waals surface area contributed by atoms with Gasteiger partial charge in [-0.25, -0.2) is 0 Å². The summed E-state index contributed by atoms with van der Waals surface area (Å²) in [5, 5.41) is 15.4. The van der Waals surface area contributed by atoms with Gasteiger partial charge in [-0.15, -0.1) is 0 Å². The van der Waals surface area contributed by atoms with Crippen LogP contribution in [0.15, 0.2) is 24.3 Å². The fraction of sp³-hybridized carbons (Fsp3) is 0.679. The molecule has 0 radical (unpaired) electrons. The summed E-state index contributed by atoms with van der Waals surface area (Å²) in [7, 11) is 0. The molecule has 3 N–H and O–H groups in total. The molecule has 3 saturated heterocycles. The van der Waals surface area contributed by atoms with E-state index in [-0.39, 0.29) is 30.4 Å². The molecule has 9 nitrogen and oxygen atoms in total. The van der Waals surface area contributed by atoms with Gasteiger partial charge < -0.3 is 30.1 Å². The molecule has 204 valence electrons. The summed E-state index contributed by atoms with van der Waals surface area (Å²) < 4.78 is 12.1. The van der Waals surface area contributed by atoms with Gasteiger partial charge >= 0.3 is 0 Å². The van der Waals surface area contributed by atoms with Crippen LogP contribution in [0.5, 0.6) is 5.75 Å². The Labute approximate surface area is 219 Å². The Bertz CT molecular complexity index is 1000. The first-order valence-corrected chi connectivity index (χ1v) is 13.7. The summed E-state index contributed by atoms with van der Waals surface area (Å²) in [5.41, 5.74) is -1.26. The SMILES string of the molecule is CCCC(C)NC(=O)C1N(CCCCO)C(=O)[C@@H]2[C@@H](C(=O)Nc3ccc(OCC)cc3)[C@@]3(C)CCC12O3. The minimum Gasteiger partial charge on any atom is -0.494 e. The summed E-state index contributed by atoms with van der Waals surface area (Å²) in [6.07, 6.45) is 4.00. The lowest BCUT2D eigenvalue weighted by Gasteiger charge is -2.34. The molecule has 4 rings (SSSR count). The third kappa shape index (κ3) is 4.95. The van der Waals surface area contributed by atoms with Crippen molar-refractivity contribution < 1.29 is 29.0 Å². The number of nitrogens with one attached hydrogen (secondary N) is 2. The second-order valence-corrected chi connectivity index (χ2v) is 10.8. The third-order valence-corrected chi connectivity index (χ3v) is 8.16. The molecule has 0 aromatic heterocycles. The predicted octanol–water partition coefficient (Wildman–Crippen LogP) is 2.87. The van der Waals surface area contributed by atoms with Gasteiger partial charge in [0.25, 0.3) is 0 Å². The molecular weight excluding hydrogens is 474 g/mol. The molecule has 3 unspecified atom stereocenters. The molecule has 1 spiro atoms. The van der Waals surface area contributed by atoms with E-state index in [1.165, 1.54) is 0 Å². The Morgan fingerprint density at radius 3 is 2.57 bits per heavy atom. The number of nitrogens with zero attached hydrogens (tertiary/aromatic N) is 1. The molecular formula is C28H41N3O6. The molecule has 1 aromatic carbocycles. The number of carbonyl (C=O) groups excluding carboxylic acids is 3. The van der Waals surface area contributed by atoms with Crippen LogP contribution in [0.2, 0.25) is 0 Å². The number of amides is 3. The van der Waals surface area contributed by atoms with Gasteiger partial charge in [-0.2, -0.15) is 0 Å². The van der Waals surface area contributed by atoms with Gasteiger partial charge in [-0.05, 0) is 77.1 Å². The number of benzene rings is 1. The number of fused-ring (bicyclic) bond motifs is 1. The number of aliphatic hydroxyl groups excluding tert-OH is 1.